The zero-order chi connectivity index (χ0) is 28.3. The van der Waals surface area contributed by atoms with Crippen LogP contribution >= 0.6 is 11.3 Å². The van der Waals surface area contributed by atoms with E-state index in [9.17, 15) is 22.8 Å². The van der Waals surface area contributed by atoms with Gasteiger partial charge in [-0.1, -0.05) is 36.5 Å². The number of hydrogen-bond acceptors (Lipinski definition) is 7. The van der Waals surface area contributed by atoms with Crippen LogP contribution < -0.4 is 16.0 Å². The van der Waals surface area contributed by atoms with Gasteiger partial charge in [-0.2, -0.15) is 13.2 Å². The summed E-state index contributed by atoms with van der Waals surface area (Å²) < 4.78 is 42.1. The molecule has 0 aliphatic carbocycles. The first kappa shape index (κ1) is 27.9. The van der Waals surface area contributed by atoms with Crippen LogP contribution in [0.2, 0.25) is 0 Å². The fourth-order valence-corrected chi connectivity index (χ4v) is 4.46. The highest BCUT2D eigenvalue weighted by atomic mass is 32.1. The van der Waals surface area contributed by atoms with Gasteiger partial charge >= 0.3 is 6.18 Å². The first-order valence-corrected chi connectivity index (χ1v) is 12.7. The molecule has 0 saturated carbocycles. The van der Waals surface area contributed by atoms with Crippen molar-refractivity contribution in [3.05, 3.63) is 71.0 Å². The molecule has 3 N–H and O–H groups in total. The minimum Gasteiger partial charge on any atom is -0.322 e. The number of hydrogen-bond donors (Lipinski definition) is 3. The van der Waals surface area contributed by atoms with Gasteiger partial charge in [0, 0.05) is 37.0 Å². The third-order valence-electron chi connectivity index (χ3n) is 5.55. The molecular weight excluding hydrogens is 531 g/mol. The van der Waals surface area contributed by atoms with Crippen molar-refractivity contribution in [2.75, 3.05) is 10.6 Å². The molecule has 4 aromatic rings. The lowest BCUT2D eigenvalue weighted by Crippen LogP contribution is -2.23. The molecule has 0 bridgehead atoms. The van der Waals surface area contributed by atoms with Gasteiger partial charge < -0.3 is 16.0 Å². The molecule has 204 valence electrons. The Bertz CT molecular complexity index is 1510. The molecule has 2 heterocycles. The third-order valence-corrected chi connectivity index (χ3v) is 6.48. The number of nitrogens with one attached hydrogen (secondary N) is 3. The van der Waals surface area contributed by atoms with Gasteiger partial charge in [-0.3, -0.25) is 9.59 Å². The Kier molecular flexibility index (Phi) is 8.11. The number of aromatic nitrogens is 4. The van der Waals surface area contributed by atoms with E-state index in [1.807, 2.05) is 20.8 Å². The van der Waals surface area contributed by atoms with Gasteiger partial charge in [0.25, 0.3) is 5.91 Å². The molecule has 2 amide bonds. The Hall–Kier alpha value is -4.10. The quantitative estimate of drug-likeness (QED) is 0.266. The predicted molar refractivity (Wildman–Crippen MR) is 143 cm³/mol. The third kappa shape index (κ3) is 7.06. The maximum atomic E-state index is 13.5. The maximum absolute atomic E-state index is 13.5. The van der Waals surface area contributed by atoms with Crippen molar-refractivity contribution >= 4 is 34.0 Å². The first-order valence-electron chi connectivity index (χ1n) is 11.9. The summed E-state index contributed by atoms with van der Waals surface area (Å²) in [7, 11) is 0. The molecule has 39 heavy (non-hydrogen) atoms. The number of amides is 2. The van der Waals surface area contributed by atoms with E-state index < -0.39 is 17.6 Å². The van der Waals surface area contributed by atoms with Crippen LogP contribution in [0.5, 0.6) is 0 Å². The molecule has 4 rings (SSSR count). The van der Waals surface area contributed by atoms with Gasteiger partial charge in [0.15, 0.2) is 5.13 Å². The highest BCUT2D eigenvalue weighted by molar-refractivity contribution is 7.19. The summed E-state index contributed by atoms with van der Waals surface area (Å²) in [6.07, 6.45) is -1.33. The first-order chi connectivity index (χ1) is 18.4. The average Bonchev–Trinajstić information content (AvgIpc) is 3.52. The van der Waals surface area contributed by atoms with Gasteiger partial charge in [0.1, 0.15) is 5.69 Å². The van der Waals surface area contributed by atoms with Crippen LogP contribution in [0, 0.1) is 6.92 Å². The number of benzene rings is 2. The Labute approximate surface area is 226 Å². The highest BCUT2D eigenvalue weighted by Crippen LogP contribution is 2.32. The monoisotopic (exact) mass is 557 g/mol. The summed E-state index contributed by atoms with van der Waals surface area (Å²) in [5, 5.41) is 17.2. The number of carbonyl (C=O) groups is 2. The zero-order valence-electron chi connectivity index (χ0n) is 21.6. The van der Waals surface area contributed by atoms with Gasteiger partial charge in [-0.15, -0.1) is 5.10 Å². The van der Waals surface area contributed by atoms with Crippen LogP contribution in [0.1, 0.15) is 47.8 Å². The van der Waals surface area contributed by atoms with Crippen LogP contribution in [0.15, 0.2) is 48.8 Å². The van der Waals surface area contributed by atoms with Crippen LogP contribution in [0.3, 0.4) is 0 Å². The summed E-state index contributed by atoms with van der Waals surface area (Å²) >= 11 is 1.24. The lowest BCUT2D eigenvalue weighted by atomic mass is 10.0. The standard InChI is InChI=1S/C26H26F3N7O2S/c1-14(2)30-11-17-7-18(9-19(8-17)26(27,28)29)24(38)33-20-6-5-15(3)22(10-20)36-13-21(34-35-36)23-12-31-25(39-23)32-16(4)37/h5-10,12-14,30H,11H2,1-4H3,(H,33,38)(H,31,32,37). The molecule has 9 nitrogen and oxygen atoms in total. The molecule has 2 aromatic heterocycles. The Morgan fingerprint density at radius 2 is 1.87 bits per heavy atom. The molecule has 0 spiro atoms. The van der Waals surface area contributed by atoms with Crippen LogP contribution in [-0.4, -0.2) is 37.8 Å². The number of rotatable bonds is 8. The van der Waals surface area contributed by atoms with Gasteiger partial charge in [0.2, 0.25) is 5.91 Å². The van der Waals surface area contributed by atoms with Crippen molar-refractivity contribution in [2.24, 2.45) is 0 Å². The fourth-order valence-electron chi connectivity index (χ4n) is 3.64. The van der Waals surface area contributed by atoms with Crippen molar-refractivity contribution in [3.63, 3.8) is 0 Å². The summed E-state index contributed by atoms with van der Waals surface area (Å²) in [6.45, 7) is 7.20. The number of carbonyl (C=O) groups excluding carboxylic acids is 2. The molecule has 13 heteroatoms. The molecule has 0 unspecified atom stereocenters. The fraction of sp³-hybridized carbons (Fsp3) is 0.269. The second kappa shape index (κ2) is 11.3. The summed E-state index contributed by atoms with van der Waals surface area (Å²) in [5.41, 5.74) is 1.72. The molecule has 0 atom stereocenters. The molecular formula is C26H26F3N7O2S. The second-order valence-corrected chi connectivity index (χ2v) is 10.2. The van der Waals surface area contributed by atoms with Crippen LogP contribution in [0.25, 0.3) is 16.3 Å². The summed E-state index contributed by atoms with van der Waals surface area (Å²) in [5.74, 6) is -0.904. The normalized spacial score (nSPS) is 11.6. The summed E-state index contributed by atoms with van der Waals surface area (Å²) in [4.78, 5) is 29.1. The molecule has 2 aromatic carbocycles. The van der Waals surface area contributed by atoms with Crippen molar-refractivity contribution < 1.29 is 22.8 Å². The Morgan fingerprint density at radius 3 is 2.56 bits per heavy atom. The van der Waals surface area contributed by atoms with E-state index in [0.29, 0.717) is 32.6 Å². The van der Waals surface area contributed by atoms with Crippen molar-refractivity contribution in [1.82, 2.24) is 25.3 Å². The van der Waals surface area contributed by atoms with E-state index in [1.54, 1.807) is 30.6 Å². The minimum atomic E-state index is -4.59. The van der Waals surface area contributed by atoms with Crippen molar-refractivity contribution in [3.8, 4) is 16.3 Å². The number of halogens is 3. The zero-order valence-corrected chi connectivity index (χ0v) is 22.4. The van der Waals surface area contributed by atoms with E-state index in [4.69, 9.17) is 0 Å². The van der Waals surface area contributed by atoms with E-state index in [-0.39, 0.29) is 24.1 Å². The molecule has 0 aliphatic heterocycles. The van der Waals surface area contributed by atoms with E-state index >= 15 is 0 Å². The number of nitrogens with zero attached hydrogens (tertiary/aromatic N) is 4. The maximum Gasteiger partial charge on any atom is 0.416 e. The number of alkyl halides is 3. The Morgan fingerprint density at radius 1 is 1.10 bits per heavy atom. The van der Waals surface area contributed by atoms with Crippen molar-refractivity contribution in [2.45, 2.75) is 46.5 Å². The highest BCUT2D eigenvalue weighted by Gasteiger charge is 2.32. The van der Waals surface area contributed by atoms with Gasteiger partial charge in [-0.05, 0) is 48.4 Å². The number of thiazole rings is 1. The predicted octanol–water partition coefficient (Wildman–Crippen LogP) is 5.43. The topological polar surface area (TPSA) is 114 Å². The largest absolute Gasteiger partial charge is 0.416 e. The minimum absolute atomic E-state index is 0.0652. The molecule has 0 fully saturated rings. The lowest BCUT2D eigenvalue weighted by Gasteiger charge is -2.15. The molecule has 0 aliphatic rings. The SMILES string of the molecule is CC(=O)Nc1ncc(-c2cn(-c3cc(NC(=O)c4cc(CNC(C)C)cc(C(F)(F)F)c4)ccc3C)nn2)s1. The van der Waals surface area contributed by atoms with Crippen molar-refractivity contribution in [1.29, 1.82) is 0 Å². The van der Waals surface area contributed by atoms with E-state index in [1.165, 1.54) is 29.0 Å². The van der Waals surface area contributed by atoms with Crippen LogP contribution in [0.4, 0.5) is 24.0 Å². The van der Waals surface area contributed by atoms with Crippen LogP contribution in [-0.2, 0) is 17.5 Å². The lowest BCUT2D eigenvalue weighted by molar-refractivity contribution is -0.137. The van der Waals surface area contributed by atoms with Gasteiger partial charge in [-0.25, -0.2) is 9.67 Å². The smallest absolute Gasteiger partial charge is 0.322 e. The summed E-state index contributed by atoms with van der Waals surface area (Å²) in [6, 6.07) is 8.48. The van der Waals surface area contributed by atoms with Gasteiger partial charge in [0.05, 0.1) is 22.3 Å². The molecule has 0 saturated heterocycles. The van der Waals surface area contributed by atoms with E-state index in [0.717, 1.165) is 17.7 Å². The second-order valence-electron chi connectivity index (χ2n) is 9.17. The molecule has 0 radical (unpaired) electrons. The number of anilines is 2. The van der Waals surface area contributed by atoms with E-state index in [2.05, 4.69) is 31.2 Å². The number of aryl methyl sites for hydroxylation is 1. The average molecular weight is 558 g/mol. The Balaban J connectivity index is 1.57.